The molecule has 20 heavy (non-hydrogen) atoms. The number of allylic oxidation sites excluding steroid dienone is 1. The van der Waals surface area contributed by atoms with Gasteiger partial charge in [-0.1, -0.05) is 0 Å². The van der Waals surface area contributed by atoms with Crippen molar-refractivity contribution in [3.63, 3.8) is 0 Å². The van der Waals surface area contributed by atoms with E-state index in [9.17, 15) is 4.57 Å². The minimum atomic E-state index is -3.19. The molecule has 2 aromatic rings. The molecular weight excluding hydrogens is 338 g/mol. The Balaban J connectivity index is 2.16. The molecule has 0 saturated carbocycles. The van der Waals surface area contributed by atoms with Gasteiger partial charge in [0.15, 0.2) is 0 Å². The molecular formula is C15H15O3PSe. The first kappa shape index (κ1) is 14.9. The first-order valence-corrected chi connectivity index (χ1v) is 11.0. The average molecular weight is 353 g/mol. The second-order valence-electron chi connectivity index (χ2n) is 3.84. The Bertz CT molecular complexity index is 541. The summed E-state index contributed by atoms with van der Waals surface area (Å²) in [7, 11) is 0. The van der Waals surface area contributed by atoms with Crippen LogP contribution in [0.1, 0.15) is 0 Å². The Morgan fingerprint density at radius 3 is 1.80 bits per heavy atom. The van der Waals surface area contributed by atoms with Gasteiger partial charge in [-0.05, 0) is 0 Å². The van der Waals surface area contributed by atoms with Gasteiger partial charge in [0.2, 0.25) is 0 Å². The van der Waals surface area contributed by atoms with Crippen LogP contribution < -0.4 is 9.05 Å². The van der Waals surface area contributed by atoms with Gasteiger partial charge in [0.1, 0.15) is 0 Å². The van der Waals surface area contributed by atoms with Gasteiger partial charge in [-0.25, -0.2) is 0 Å². The molecule has 2 aromatic carbocycles. The molecule has 2 rings (SSSR count). The molecule has 0 saturated heterocycles. The summed E-state index contributed by atoms with van der Waals surface area (Å²) in [4.78, 5) is 0. The summed E-state index contributed by atoms with van der Waals surface area (Å²) in [5, 5.41) is 0.629. The maximum atomic E-state index is 12.8. The van der Waals surface area contributed by atoms with Crippen LogP contribution >= 0.6 is 6.29 Å². The molecule has 0 aromatic heterocycles. The van der Waals surface area contributed by atoms with Crippen molar-refractivity contribution in [3.05, 3.63) is 73.3 Å². The predicted octanol–water partition coefficient (Wildman–Crippen LogP) is 4.56. The molecule has 0 bridgehead atoms. The third-order valence-corrected chi connectivity index (χ3v) is 7.97. The normalized spacial score (nSPS) is 10.8. The van der Waals surface area contributed by atoms with E-state index < -0.39 is 6.29 Å². The molecule has 0 aliphatic rings. The fourth-order valence-corrected chi connectivity index (χ4v) is 6.19. The summed E-state index contributed by atoms with van der Waals surface area (Å²) < 4.78 is 24.1. The molecule has 0 fully saturated rings. The van der Waals surface area contributed by atoms with Crippen molar-refractivity contribution in [2.45, 2.75) is 5.32 Å². The van der Waals surface area contributed by atoms with E-state index in [1.807, 2.05) is 36.4 Å². The van der Waals surface area contributed by atoms with Crippen molar-refractivity contribution in [1.82, 2.24) is 0 Å². The Hall–Kier alpha value is -1.47. The average Bonchev–Trinajstić information content (AvgIpc) is 2.47. The number of rotatable bonds is 7. The second kappa shape index (κ2) is 7.35. The van der Waals surface area contributed by atoms with E-state index in [2.05, 4.69) is 6.58 Å². The van der Waals surface area contributed by atoms with E-state index in [1.54, 1.807) is 30.3 Å². The van der Waals surface area contributed by atoms with Gasteiger partial charge < -0.3 is 0 Å². The summed E-state index contributed by atoms with van der Waals surface area (Å²) in [6, 6.07) is 18.2. The number of hydrogen-bond acceptors (Lipinski definition) is 3. The topological polar surface area (TPSA) is 35.5 Å². The summed E-state index contributed by atoms with van der Waals surface area (Å²) in [5.74, 6) is 1.11. The first-order valence-electron chi connectivity index (χ1n) is 6.07. The van der Waals surface area contributed by atoms with Crippen LogP contribution in [0.2, 0.25) is 5.32 Å². The fourth-order valence-electron chi connectivity index (χ4n) is 1.44. The number of para-hydroxylation sites is 2. The van der Waals surface area contributed by atoms with E-state index in [1.165, 1.54) is 0 Å². The van der Waals surface area contributed by atoms with Gasteiger partial charge in [0, 0.05) is 0 Å². The quantitative estimate of drug-likeness (QED) is 0.416. The fraction of sp³-hybridized carbons (Fsp3) is 0.0667. The van der Waals surface area contributed by atoms with Crippen LogP contribution in [-0.2, 0) is 4.57 Å². The van der Waals surface area contributed by atoms with Crippen LogP contribution in [-0.4, -0.2) is 14.5 Å². The predicted molar refractivity (Wildman–Crippen MR) is 82.5 cm³/mol. The number of hydrogen-bond donors (Lipinski definition) is 0. The molecule has 3 nitrogen and oxygen atoms in total. The zero-order chi connectivity index (χ0) is 14.3. The van der Waals surface area contributed by atoms with Gasteiger partial charge in [-0.3, -0.25) is 0 Å². The van der Waals surface area contributed by atoms with Crippen molar-refractivity contribution in [2.75, 3.05) is 0 Å². The van der Waals surface area contributed by atoms with Gasteiger partial charge >= 0.3 is 125 Å². The van der Waals surface area contributed by atoms with Gasteiger partial charge in [-0.15, -0.1) is 0 Å². The van der Waals surface area contributed by atoms with Crippen molar-refractivity contribution < 1.29 is 13.6 Å². The van der Waals surface area contributed by atoms with Gasteiger partial charge in [0.25, 0.3) is 0 Å². The van der Waals surface area contributed by atoms with E-state index >= 15 is 0 Å². The first-order chi connectivity index (χ1) is 9.72. The van der Waals surface area contributed by atoms with Crippen LogP contribution in [0.4, 0.5) is 0 Å². The van der Waals surface area contributed by atoms with Crippen molar-refractivity contribution in [1.29, 1.82) is 0 Å². The molecule has 104 valence electrons. The molecule has 0 N–H and O–H groups in total. The molecule has 0 amide bonds. The third-order valence-electron chi connectivity index (χ3n) is 2.27. The Morgan fingerprint density at radius 2 is 1.40 bits per heavy atom. The van der Waals surface area contributed by atoms with Crippen LogP contribution in [0.25, 0.3) is 0 Å². The molecule has 0 spiro atoms. The molecule has 0 heterocycles. The van der Waals surface area contributed by atoms with Crippen LogP contribution in [0, 0.1) is 0 Å². The minimum absolute atomic E-state index is 0.319. The standard InChI is InChI=1S/C15H15O3PSe/c1-2-13-20-19(16,17-14-9-5-3-6-10-14)18-15-11-7-4-8-12-15/h2-12H,1,13H2. The summed E-state index contributed by atoms with van der Waals surface area (Å²) in [5.41, 5.74) is 0. The molecule has 0 aliphatic heterocycles. The summed E-state index contributed by atoms with van der Waals surface area (Å²) >= 11 is -0.319. The molecule has 0 unspecified atom stereocenters. The summed E-state index contributed by atoms with van der Waals surface area (Å²) in [6.07, 6.45) is -1.46. The van der Waals surface area contributed by atoms with E-state index in [0.717, 1.165) is 0 Å². The van der Waals surface area contributed by atoms with Crippen LogP contribution in [0.5, 0.6) is 11.5 Å². The zero-order valence-electron chi connectivity index (χ0n) is 10.8. The summed E-state index contributed by atoms with van der Waals surface area (Å²) in [6.45, 7) is 3.66. The van der Waals surface area contributed by atoms with Crippen molar-refractivity contribution >= 4 is 20.8 Å². The van der Waals surface area contributed by atoms with Crippen molar-refractivity contribution in [3.8, 4) is 11.5 Å². The third kappa shape index (κ3) is 4.57. The van der Waals surface area contributed by atoms with E-state index in [4.69, 9.17) is 9.05 Å². The zero-order valence-corrected chi connectivity index (χ0v) is 13.5. The Morgan fingerprint density at radius 1 is 0.950 bits per heavy atom. The van der Waals surface area contributed by atoms with Gasteiger partial charge in [0.05, 0.1) is 0 Å². The Labute approximate surface area is 124 Å². The second-order valence-corrected chi connectivity index (χ2v) is 10.5. The SMILES string of the molecule is C=CC[Se]P(=O)(Oc1ccccc1)Oc1ccccc1. The molecule has 0 atom stereocenters. The van der Waals surface area contributed by atoms with Crippen molar-refractivity contribution in [2.24, 2.45) is 0 Å². The van der Waals surface area contributed by atoms with Crippen LogP contribution in [0.15, 0.2) is 73.3 Å². The van der Waals surface area contributed by atoms with E-state index in [-0.39, 0.29) is 14.5 Å². The maximum absolute atomic E-state index is 12.8. The molecule has 5 heteroatoms. The molecule has 0 radical (unpaired) electrons. The van der Waals surface area contributed by atoms with Gasteiger partial charge in [-0.2, -0.15) is 0 Å². The van der Waals surface area contributed by atoms with E-state index in [0.29, 0.717) is 16.8 Å². The molecule has 0 aliphatic carbocycles. The Kier molecular flexibility index (Phi) is 5.49. The number of benzene rings is 2. The monoisotopic (exact) mass is 354 g/mol. The van der Waals surface area contributed by atoms with Crippen LogP contribution in [0.3, 0.4) is 0 Å².